The van der Waals surface area contributed by atoms with Crippen molar-refractivity contribution in [2.75, 3.05) is 0 Å². The number of carbonyl (C=O) groups excluding carboxylic acids is 2. The Morgan fingerprint density at radius 2 is 2.00 bits per heavy atom. The smallest absolute Gasteiger partial charge is 0.245 e. The second-order valence-electron chi connectivity index (χ2n) is 6.65. The van der Waals surface area contributed by atoms with E-state index >= 15 is 0 Å². The zero-order valence-corrected chi connectivity index (χ0v) is 12.5. The quantitative estimate of drug-likeness (QED) is 0.832. The fraction of sp³-hybridized carbons (Fsp3) is 0.867. The van der Waals surface area contributed by atoms with Gasteiger partial charge in [-0.2, -0.15) is 0 Å². The Balaban J connectivity index is 2.32. The first kappa shape index (κ1) is 14.4. The third-order valence-electron chi connectivity index (χ3n) is 4.80. The normalized spacial score (nSPS) is 35.2. The first-order valence-corrected chi connectivity index (χ1v) is 7.51. The average molecular weight is 266 g/mol. The second-order valence-corrected chi connectivity index (χ2v) is 6.65. The van der Waals surface area contributed by atoms with E-state index in [9.17, 15) is 9.59 Å². The maximum atomic E-state index is 12.5. The van der Waals surface area contributed by atoms with Crippen LogP contribution in [0.15, 0.2) is 0 Å². The summed E-state index contributed by atoms with van der Waals surface area (Å²) in [4.78, 5) is 26.6. The molecule has 0 spiro atoms. The van der Waals surface area contributed by atoms with Gasteiger partial charge in [0, 0.05) is 6.04 Å². The average Bonchev–Trinajstić information content (AvgIpc) is 2.33. The van der Waals surface area contributed by atoms with Crippen molar-refractivity contribution < 1.29 is 9.59 Å². The van der Waals surface area contributed by atoms with Gasteiger partial charge in [-0.1, -0.05) is 33.6 Å². The van der Waals surface area contributed by atoms with E-state index in [0.29, 0.717) is 6.42 Å². The topological polar surface area (TPSA) is 49.4 Å². The minimum absolute atomic E-state index is 0.0102. The van der Waals surface area contributed by atoms with Crippen LogP contribution in [0, 0.1) is 5.41 Å². The van der Waals surface area contributed by atoms with Crippen molar-refractivity contribution >= 4 is 11.8 Å². The number of carbonyl (C=O) groups is 2. The summed E-state index contributed by atoms with van der Waals surface area (Å²) in [5, 5.41) is 2.80. The Labute approximate surface area is 115 Å². The standard InChI is InChI=1S/C15H26N2O2/c1-5-11-13(18)16-10(2)14(19)17(11)12-8-6-7-9-15(12,3)4/h10-12H,5-9H2,1-4H3,(H,16,18). The van der Waals surface area contributed by atoms with Gasteiger partial charge in [0.2, 0.25) is 11.8 Å². The van der Waals surface area contributed by atoms with Crippen LogP contribution >= 0.6 is 0 Å². The van der Waals surface area contributed by atoms with Crippen LogP contribution in [0.2, 0.25) is 0 Å². The molecule has 108 valence electrons. The van der Waals surface area contributed by atoms with Gasteiger partial charge in [-0.05, 0) is 31.6 Å². The number of hydrogen-bond donors (Lipinski definition) is 1. The molecule has 3 unspecified atom stereocenters. The van der Waals surface area contributed by atoms with Crippen molar-refractivity contribution in [3.8, 4) is 0 Å². The van der Waals surface area contributed by atoms with E-state index in [-0.39, 0.29) is 35.4 Å². The van der Waals surface area contributed by atoms with Crippen molar-refractivity contribution in [3.05, 3.63) is 0 Å². The lowest BCUT2D eigenvalue weighted by atomic mass is 9.71. The van der Waals surface area contributed by atoms with E-state index in [4.69, 9.17) is 0 Å². The van der Waals surface area contributed by atoms with Gasteiger partial charge < -0.3 is 10.2 Å². The van der Waals surface area contributed by atoms with Crippen LogP contribution in [0.1, 0.15) is 59.8 Å². The molecule has 1 aliphatic carbocycles. The molecule has 1 aliphatic heterocycles. The van der Waals surface area contributed by atoms with Crippen molar-refractivity contribution in [1.82, 2.24) is 10.2 Å². The fourth-order valence-corrected chi connectivity index (χ4v) is 3.62. The number of nitrogens with one attached hydrogen (secondary N) is 1. The summed E-state index contributed by atoms with van der Waals surface area (Å²) < 4.78 is 0. The van der Waals surface area contributed by atoms with Gasteiger partial charge in [0.15, 0.2) is 0 Å². The van der Waals surface area contributed by atoms with Gasteiger partial charge >= 0.3 is 0 Å². The Bertz CT molecular complexity index is 378. The van der Waals surface area contributed by atoms with Crippen molar-refractivity contribution in [1.29, 1.82) is 0 Å². The maximum absolute atomic E-state index is 12.5. The number of piperazine rings is 1. The zero-order chi connectivity index (χ0) is 14.2. The van der Waals surface area contributed by atoms with Crippen LogP contribution in [0.25, 0.3) is 0 Å². The first-order valence-electron chi connectivity index (χ1n) is 7.51. The Morgan fingerprint density at radius 1 is 1.32 bits per heavy atom. The molecule has 1 N–H and O–H groups in total. The Morgan fingerprint density at radius 3 is 2.58 bits per heavy atom. The molecule has 2 amide bonds. The van der Waals surface area contributed by atoms with Crippen LogP contribution < -0.4 is 5.32 Å². The predicted octanol–water partition coefficient (Wildman–Crippen LogP) is 2.08. The van der Waals surface area contributed by atoms with Crippen LogP contribution in [0.5, 0.6) is 0 Å². The van der Waals surface area contributed by atoms with Crippen molar-refractivity contribution in [2.24, 2.45) is 5.41 Å². The molecule has 1 saturated carbocycles. The van der Waals surface area contributed by atoms with E-state index in [1.807, 2.05) is 11.8 Å². The minimum atomic E-state index is -0.381. The third-order valence-corrected chi connectivity index (χ3v) is 4.80. The molecule has 2 aliphatic rings. The van der Waals surface area contributed by atoms with Crippen LogP contribution in [-0.2, 0) is 9.59 Å². The van der Waals surface area contributed by atoms with E-state index < -0.39 is 0 Å². The lowest BCUT2D eigenvalue weighted by Gasteiger charge is -2.50. The first-order chi connectivity index (χ1) is 8.88. The van der Waals surface area contributed by atoms with Gasteiger partial charge in [0.1, 0.15) is 12.1 Å². The van der Waals surface area contributed by atoms with E-state index in [1.54, 1.807) is 6.92 Å². The number of rotatable bonds is 2. The van der Waals surface area contributed by atoms with Gasteiger partial charge in [-0.15, -0.1) is 0 Å². The minimum Gasteiger partial charge on any atom is -0.343 e. The summed E-state index contributed by atoms with van der Waals surface area (Å²) >= 11 is 0. The van der Waals surface area contributed by atoms with Gasteiger partial charge in [-0.25, -0.2) is 0 Å². The van der Waals surface area contributed by atoms with Gasteiger partial charge in [0.25, 0.3) is 0 Å². The summed E-state index contributed by atoms with van der Waals surface area (Å²) in [6.45, 7) is 8.23. The van der Waals surface area contributed by atoms with E-state index in [1.165, 1.54) is 6.42 Å². The molecule has 0 aromatic rings. The second kappa shape index (κ2) is 5.14. The third kappa shape index (κ3) is 2.49. The van der Waals surface area contributed by atoms with Crippen molar-refractivity contribution in [2.45, 2.75) is 77.9 Å². The van der Waals surface area contributed by atoms with Crippen LogP contribution in [0.3, 0.4) is 0 Å². The molecule has 0 bridgehead atoms. The van der Waals surface area contributed by atoms with Crippen LogP contribution in [-0.4, -0.2) is 34.8 Å². The van der Waals surface area contributed by atoms with E-state index in [0.717, 1.165) is 19.3 Å². The summed E-state index contributed by atoms with van der Waals surface area (Å²) in [7, 11) is 0. The molecule has 3 atom stereocenters. The molecule has 0 aromatic heterocycles. The molecule has 4 nitrogen and oxygen atoms in total. The molecule has 1 heterocycles. The zero-order valence-electron chi connectivity index (χ0n) is 12.5. The molecular formula is C15H26N2O2. The van der Waals surface area contributed by atoms with Gasteiger partial charge in [-0.3, -0.25) is 9.59 Å². The summed E-state index contributed by atoms with van der Waals surface area (Å²) in [6, 6.07) is -0.466. The molecule has 19 heavy (non-hydrogen) atoms. The highest BCUT2D eigenvalue weighted by molar-refractivity contribution is 5.96. The monoisotopic (exact) mass is 266 g/mol. The Kier molecular flexibility index (Phi) is 3.88. The molecule has 2 fully saturated rings. The number of amides is 2. The molecule has 1 saturated heterocycles. The lowest BCUT2D eigenvalue weighted by molar-refractivity contribution is -0.156. The van der Waals surface area contributed by atoms with Crippen molar-refractivity contribution in [3.63, 3.8) is 0 Å². The molecule has 0 aromatic carbocycles. The molecular weight excluding hydrogens is 240 g/mol. The molecule has 2 rings (SSSR count). The summed E-state index contributed by atoms with van der Waals surface area (Å²) in [5.74, 6) is 0.0994. The highest BCUT2D eigenvalue weighted by Gasteiger charge is 2.46. The highest BCUT2D eigenvalue weighted by atomic mass is 16.2. The largest absolute Gasteiger partial charge is 0.343 e. The predicted molar refractivity (Wildman–Crippen MR) is 74.6 cm³/mol. The van der Waals surface area contributed by atoms with Crippen LogP contribution in [0.4, 0.5) is 0 Å². The highest BCUT2D eigenvalue weighted by Crippen LogP contribution is 2.40. The lowest BCUT2D eigenvalue weighted by Crippen LogP contribution is -2.67. The fourth-order valence-electron chi connectivity index (χ4n) is 3.62. The summed E-state index contributed by atoms with van der Waals surface area (Å²) in [6.07, 6.45) is 5.23. The van der Waals surface area contributed by atoms with Gasteiger partial charge in [0.05, 0.1) is 0 Å². The number of nitrogens with zero attached hydrogens (tertiary/aromatic N) is 1. The van der Waals surface area contributed by atoms with E-state index in [2.05, 4.69) is 19.2 Å². The SMILES string of the molecule is CCC1C(=O)NC(C)C(=O)N1C1CCCCC1(C)C. The number of hydrogen-bond acceptors (Lipinski definition) is 2. The molecule has 0 radical (unpaired) electrons. The summed E-state index contributed by atoms with van der Waals surface area (Å²) in [5.41, 5.74) is 0.110. The maximum Gasteiger partial charge on any atom is 0.245 e. The Hall–Kier alpha value is -1.06. The molecule has 4 heteroatoms.